The van der Waals surface area contributed by atoms with E-state index in [2.05, 4.69) is 17.1 Å². The van der Waals surface area contributed by atoms with Gasteiger partial charge in [0.05, 0.1) is 6.54 Å². The van der Waals surface area contributed by atoms with Crippen molar-refractivity contribution in [2.75, 3.05) is 5.75 Å². The Morgan fingerprint density at radius 1 is 1.48 bits per heavy atom. The lowest BCUT2D eigenvalue weighted by atomic mass is 10.0. The maximum absolute atomic E-state index is 10.7. The Bertz CT molecular complexity index is 633. The molecule has 21 heavy (non-hydrogen) atoms. The molecule has 0 aliphatic carbocycles. The van der Waals surface area contributed by atoms with Crippen molar-refractivity contribution in [3.05, 3.63) is 46.6 Å². The second-order valence-corrected chi connectivity index (χ2v) is 6.40. The van der Waals surface area contributed by atoms with E-state index < -0.39 is 4.92 Å². The molecule has 0 fully saturated rings. The Morgan fingerprint density at radius 3 is 2.90 bits per heavy atom. The number of thioether (sulfide) groups is 1. The molecule has 110 valence electrons. The zero-order valence-electron chi connectivity index (χ0n) is 11.6. The summed E-state index contributed by atoms with van der Waals surface area (Å²) in [6, 6.07) is 10.5. The molecule has 0 saturated heterocycles. The number of aromatic nitrogens is 2. The first-order valence-electron chi connectivity index (χ1n) is 6.64. The first-order chi connectivity index (χ1) is 10.1. The Morgan fingerprint density at radius 2 is 2.24 bits per heavy atom. The van der Waals surface area contributed by atoms with Crippen molar-refractivity contribution in [3.8, 4) is 6.01 Å². The normalized spacial score (nSPS) is 20.0. The smallest absolute Gasteiger partial charge is 0.414 e. The van der Waals surface area contributed by atoms with Crippen LogP contribution in [0.4, 0.5) is 5.82 Å². The van der Waals surface area contributed by atoms with Gasteiger partial charge in [-0.2, -0.15) is 0 Å². The fourth-order valence-corrected chi connectivity index (χ4v) is 3.43. The van der Waals surface area contributed by atoms with E-state index in [0.29, 0.717) is 12.6 Å². The predicted octanol–water partition coefficient (Wildman–Crippen LogP) is 3.12. The van der Waals surface area contributed by atoms with E-state index in [4.69, 9.17) is 4.74 Å². The second kappa shape index (κ2) is 5.40. The summed E-state index contributed by atoms with van der Waals surface area (Å²) in [7, 11) is 0. The fourth-order valence-electron chi connectivity index (χ4n) is 2.31. The second-order valence-electron chi connectivity index (χ2n) is 5.23. The molecule has 0 amide bonds. The Kier molecular flexibility index (Phi) is 3.59. The number of benzene rings is 1. The van der Waals surface area contributed by atoms with Crippen molar-refractivity contribution in [2.45, 2.75) is 30.4 Å². The van der Waals surface area contributed by atoms with Crippen LogP contribution >= 0.6 is 11.8 Å². The first-order valence-corrected chi connectivity index (χ1v) is 7.63. The van der Waals surface area contributed by atoms with Gasteiger partial charge in [0, 0.05) is 15.6 Å². The number of rotatable bonds is 5. The van der Waals surface area contributed by atoms with Crippen molar-refractivity contribution in [1.82, 2.24) is 9.55 Å². The highest BCUT2D eigenvalue weighted by atomic mass is 32.2. The first kappa shape index (κ1) is 13.9. The zero-order chi connectivity index (χ0) is 14.9. The van der Waals surface area contributed by atoms with E-state index in [0.717, 1.165) is 12.2 Å². The highest BCUT2D eigenvalue weighted by Crippen LogP contribution is 2.34. The molecule has 1 atom stereocenters. The number of nitrogens with zero attached hydrogens (tertiary/aromatic N) is 3. The molecule has 0 saturated carbocycles. The highest BCUT2D eigenvalue weighted by Gasteiger charge is 2.39. The zero-order valence-corrected chi connectivity index (χ0v) is 12.4. The average molecular weight is 305 g/mol. The molecule has 0 bridgehead atoms. The SMILES string of the molecule is CC1(CCSc2ccccc2)Cn2cc([N+](=O)[O-])nc2O1. The van der Waals surface area contributed by atoms with Crippen molar-refractivity contribution in [1.29, 1.82) is 0 Å². The predicted molar refractivity (Wildman–Crippen MR) is 79.7 cm³/mol. The summed E-state index contributed by atoms with van der Waals surface area (Å²) in [6.45, 7) is 2.61. The van der Waals surface area contributed by atoms with Crippen molar-refractivity contribution in [3.63, 3.8) is 0 Å². The molecule has 6 nitrogen and oxygen atoms in total. The topological polar surface area (TPSA) is 70.2 Å². The molecule has 0 spiro atoms. The minimum Gasteiger partial charge on any atom is -0.438 e. The number of fused-ring (bicyclic) bond motifs is 1. The van der Waals surface area contributed by atoms with Crippen LogP contribution in [-0.2, 0) is 6.54 Å². The van der Waals surface area contributed by atoms with Crippen LogP contribution < -0.4 is 4.74 Å². The van der Waals surface area contributed by atoms with Gasteiger partial charge in [-0.05, 0) is 30.4 Å². The molecule has 7 heteroatoms. The molecule has 3 rings (SSSR count). The summed E-state index contributed by atoms with van der Waals surface area (Å²) in [5.74, 6) is 0.763. The lowest BCUT2D eigenvalue weighted by molar-refractivity contribution is -0.389. The number of hydrogen-bond acceptors (Lipinski definition) is 5. The molecule has 1 aromatic carbocycles. The van der Waals surface area contributed by atoms with Crippen molar-refractivity contribution in [2.24, 2.45) is 0 Å². The van der Waals surface area contributed by atoms with E-state index in [9.17, 15) is 10.1 Å². The Balaban J connectivity index is 1.57. The fraction of sp³-hybridized carbons (Fsp3) is 0.357. The molecule has 2 heterocycles. The van der Waals surface area contributed by atoms with Gasteiger partial charge in [0.15, 0.2) is 0 Å². The summed E-state index contributed by atoms with van der Waals surface area (Å²) < 4.78 is 7.51. The van der Waals surface area contributed by atoms with Gasteiger partial charge in [-0.15, -0.1) is 11.8 Å². The number of hydrogen-bond donors (Lipinski definition) is 0. The molecule has 1 aromatic heterocycles. The van der Waals surface area contributed by atoms with E-state index in [-0.39, 0.29) is 11.4 Å². The van der Waals surface area contributed by atoms with Crippen LogP contribution in [0.15, 0.2) is 41.4 Å². The summed E-state index contributed by atoms with van der Waals surface area (Å²) in [4.78, 5) is 15.3. The van der Waals surface area contributed by atoms with Gasteiger partial charge in [-0.1, -0.05) is 18.2 Å². The van der Waals surface area contributed by atoms with E-state index in [1.807, 2.05) is 25.1 Å². The van der Waals surface area contributed by atoms with E-state index in [1.54, 1.807) is 16.3 Å². The maximum Gasteiger partial charge on any atom is 0.414 e. The molecule has 1 unspecified atom stereocenters. The summed E-state index contributed by atoms with van der Waals surface area (Å²) in [5, 5.41) is 10.7. The lowest BCUT2D eigenvalue weighted by Crippen LogP contribution is -2.32. The third-order valence-corrected chi connectivity index (χ3v) is 4.41. The van der Waals surface area contributed by atoms with Gasteiger partial charge in [0.1, 0.15) is 11.8 Å². The van der Waals surface area contributed by atoms with Crippen LogP contribution in [-0.4, -0.2) is 25.8 Å². The number of imidazole rings is 1. The van der Waals surface area contributed by atoms with Gasteiger partial charge in [-0.3, -0.25) is 4.57 Å². The molecule has 0 radical (unpaired) electrons. The third kappa shape index (κ3) is 3.02. The minimum absolute atomic E-state index is 0.161. The molecular formula is C14H15N3O3S. The van der Waals surface area contributed by atoms with Gasteiger partial charge >= 0.3 is 11.8 Å². The largest absolute Gasteiger partial charge is 0.438 e. The summed E-state index contributed by atoms with van der Waals surface area (Å²) >= 11 is 1.78. The van der Waals surface area contributed by atoms with Gasteiger partial charge in [-0.25, -0.2) is 0 Å². The van der Waals surface area contributed by atoms with Gasteiger partial charge in [0.2, 0.25) is 0 Å². The molecule has 2 aromatic rings. The molecule has 1 aliphatic heterocycles. The number of ether oxygens (including phenoxy) is 1. The van der Waals surface area contributed by atoms with Crippen LogP contribution in [0.25, 0.3) is 0 Å². The van der Waals surface area contributed by atoms with E-state index in [1.165, 1.54) is 11.1 Å². The van der Waals surface area contributed by atoms with Crippen LogP contribution in [0, 0.1) is 10.1 Å². The van der Waals surface area contributed by atoms with Gasteiger partial charge in [0.25, 0.3) is 0 Å². The standard InChI is InChI=1S/C14H15N3O3S/c1-14(7-8-21-11-5-3-2-4-6-11)10-16-9-12(17(18)19)15-13(16)20-14/h2-6,9H,7-8,10H2,1H3. The van der Waals surface area contributed by atoms with Crippen LogP contribution in [0.1, 0.15) is 13.3 Å². The van der Waals surface area contributed by atoms with Crippen LogP contribution in [0.5, 0.6) is 6.01 Å². The Labute approximate surface area is 126 Å². The number of nitro groups is 1. The highest BCUT2D eigenvalue weighted by molar-refractivity contribution is 7.99. The Hall–Kier alpha value is -2.02. The molecule has 1 aliphatic rings. The van der Waals surface area contributed by atoms with Gasteiger partial charge < -0.3 is 14.9 Å². The monoisotopic (exact) mass is 305 g/mol. The third-order valence-electron chi connectivity index (χ3n) is 3.40. The van der Waals surface area contributed by atoms with Crippen molar-refractivity contribution >= 4 is 17.6 Å². The summed E-state index contributed by atoms with van der Waals surface area (Å²) in [6.07, 6.45) is 2.29. The molecule has 0 N–H and O–H groups in total. The quantitative estimate of drug-likeness (QED) is 0.482. The van der Waals surface area contributed by atoms with Crippen LogP contribution in [0.2, 0.25) is 0 Å². The van der Waals surface area contributed by atoms with E-state index >= 15 is 0 Å². The minimum atomic E-state index is -0.503. The lowest BCUT2D eigenvalue weighted by Gasteiger charge is -2.21. The van der Waals surface area contributed by atoms with Crippen LogP contribution in [0.3, 0.4) is 0 Å². The molecular weight excluding hydrogens is 290 g/mol. The maximum atomic E-state index is 10.7. The average Bonchev–Trinajstić information content (AvgIpc) is 2.95. The summed E-state index contributed by atoms with van der Waals surface area (Å²) in [5.41, 5.74) is -0.348. The van der Waals surface area contributed by atoms with Crippen molar-refractivity contribution < 1.29 is 9.66 Å².